The molecule has 0 amide bonds. The van der Waals surface area contributed by atoms with Crippen LogP contribution in [0.1, 0.15) is 27.2 Å². The van der Waals surface area contributed by atoms with E-state index >= 15 is 0 Å². The summed E-state index contributed by atoms with van der Waals surface area (Å²) < 4.78 is 7.09. The predicted octanol–water partition coefficient (Wildman–Crippen LogP) is 5.07. The number of benzene rings is 2. The first-order chi connectivity index (χ1) is 15.1. The van der Waals surface area contributed by atoms with Gasteiger partial charge >= 0.3 is 0 Å². The van der Waals surface area contributed by atoms with E-state index in [0.717, 1.165) is 16.7 Å². The highest BCUT2D eigenvalue weighted by Crippen LogP contribution is 2.37. The van der Waals surface area contributed by atoms with Crippen LogP contribution in [0.2, 0.25) is 0 Å². The summed E-state index contributed by atoms with van der Waals surface area (Å²) in [5.41, 5.74) is 2.54. The third-order valence-corrected chi connectivity index (χ3v) is 7.59. The van der Waals surface area contributed by atoms with E-state index in [4.69, 9.17) is 9.72 Å². The molecular weight excluding hydrogens is 476 g/mol. The molecule has 2 aromatic heterocycles. The number of aryl methyl sites for hydroxylation is 1. The van der Waals surface area contributed by atoms with E-state index < -0.39 is 0 Å². The van der Waals surface area contributed by atoms with Crippen molar-refractivity contribution in [3.8, 4) is 17.1 Å². The number of methoxy groups -OCH3 is 1. The van der Waals surface area contributed by atoms with Gasteiger partial charge in [0.1, 0.15) is 16.4 Å². The summed E-state index contributed by atoms with van der Waals surface area (Å²) in [6.07, 6.45) is 1.38. The van der Waals surface area contributed by atoms with Gasteiger partial charge < -0.3 is 4.74 Å². The van der Waals surface area contributed by atoms with E-state index in [-0.39, 0.29) is 16.2 Å². The number of fused-ring (bicyclic) bond motifs is 3. The quantitative estimate of drug-likeness (QED) is 0.371. The molecule has 1 aliphatic carbocycles. The van der Waals surface area contributed by atoms with Crippen LogP contribution in [0, 0.1) is 0 Å². The summed E-state index contributed by atoms with van der Waals surface area (Å²) in [7, 11) is 1.61. The lowest BCUT2D eigenvalue weighted by atomic mass is 9.96. The van der Waals surface area contributed by atoms with Crippen LogP contribution in [0.15, 0.2) is 59.4 Å². The Balaban J connectivity index is 1.79. The zero-order valence-corrected chi connectivity index (χ0v) is 19.2. The first kappa shape index (κ1) is 20.2. The molecule has 0 N–H and O–H groups in total. The molecule has 5 rings (SSSR count). The van der Waals surface area contributed by atoms with E-state index in [9.17, 15) is 9.59 Å². The fraction of sp³-hybridized carbons (Fsp3) is 0.208. The third kappa shape index (κ3) is 3.51. The van der Waals surface area contributed by atoms with Crippen molar-refractivity contribution in [3.63, 3.8) is 0 Å². The first-order valence-electron chi connectivity index (χ1n) is 9.99. The maximum atomic E-state index is 13.8. The fourth-order valence-electron chi connectivity index (χ4n) is 4.02. The van der Waals surface area contributed by atoms with Crippen LogP contribution in [0.3, 0.4) is 0 Å². The summed E-state index contributed by atoms with van der Waals surface area (Å²) in [5, 5.41) is 0.579. The Hall–Kier alpha value is -2.77. The molecule has 0 spiro atoms. The van der Waals surface area contributed by atoms with Crippen molar-refractivity contribution in [2.75, 3.05) is 7.11 Å². The molecule has 31 heavy (non-hydrogen) atoms. The predicted molar refractivity (Wildman–Crippen MR) is 127 cm³/mol. The summed E-state index contributed by atoms with van der Waals surface area (Å²) in [6.45, 7) is 0.398. The van der Waals surface area contributed by atoms with Crippen molar-refractivity contribution in [2.45, 2.75) is 24.2 Å². The number of thiophene rings is 1. The van der Waals surface area contributed by atoms with Gasteiger partial charge in [0.25, 0.3) is 5.56 Å². The number of nitrogens with zero attached hydrogens (tertiary/aromatic N) is 2. The van der Waals surface area contributed by atoms with Crippen LogP contribution in [0.25, 0.3) is 21.6 Å². The summed E-state index contributed by atoms with van der Waals surface area (Å²) in [6, 6.07) is 17.4. The Morgan fingerprint density at radius 3 is 2.74 bits per heavy atom. The summed E-state index contributed by atoms with van der Waals surface area (Å²) in [5.74, 6) is 1.31. The highest BCUT2D eigenvalue weighted by Gasteiger charge is 2.31. The SMILES string of the molecule is COc1cccc(-c2nc3sc4c(c3c(=O)n2Cc2ccccc2)CCC(Br)C4=O)c1. The van der Waals surface area contributed by atoms with Crippen molar-refractivity contribution in [2.24, 2.45) is 0 Å². The van der Waals surface area contributed by atoms with Crippen molar-refractivity contribution in [3.05, 3.63) is 81.0 Å². The van der Waals surface area contributed by atoms with Gasteiger partial charge in [-0.15, -0.1) is 11.3 Å². The number of halogens is 1. The van der Waals surface area contributed by atoms with Crippen molar-refractivity contribution < 1.29 is 9.53 Å². The van der Waals surface area contributed by atoms with Gasteiger partial charge in [0.05, 0.1) is 28.7 Å². The molecule has 0 fully saturated rings. The molecule has 0 saturated carbocycles. The number of alkyl halides is 1. The van der Waals surface area contributed by atoms with Gasteiger partial charge in [-0.2, -0.15) is 0 Å². The van der Waals surface area contributed by atoms with Gasteiger partial charge in [-0.05, 0) is 36.1 Å². The minimum absolute atomic E-state index is 0.0428. The van der Waals surface area contributed by atoms with Crippen molar-refractivity contribution in [1.29, 1.82) is 0 Å². The highest BCUT2D eigenvalue weighted by molar-refractivity contribution is 9.10. The second-order valence-corrected chi connectivity index (χ2v) is 9.61. The number of hydrogen-bond donors (Lipinski definition) is 0. The molecular formula is C24H19BrN2O3S. The van der Waals surface area contributed by atoms with Crippen LogP contribution < -0.4 is 10.3 Å². The van der Waals surface area contributed by atoms with Gasteiger partial charge in [-0.1, -0.05) is 58.4 Å². The Bertz CT molecular complexity index is 1360. The Kier molecular flexibility index (Phi) is 5.24. The van der Waals surface area contributed by atoms with Gasteiger partial charge in [0.15, 0.2) is 5.78 Å². The topological polar surface area (TPSA) is 61.2 Å². The molecule has 2 aromatic carbocycles. The second-order valence-electron chi connectivity index (χ2n) is 7.50. The first-order valence-corrected chi connectivity index (χ1v) is 11.7. The van der Waals surface area contributed by atoms with Gasteiger partial charge in [0, 0.05) is 5.56 Å². The lowest BCUT2D eigenvalue weighted by Crippen LogP contribution is -2.26. The fourth-order valence-corrected chi connectivity index (χ4v) is 5.83. The van der Waals surface area contributed by atoms with Gasteiger partial charge in [0.2, 0.25) is 0 Å². The molecule has 2 heterocycles. The number of aromatic nitrogens is 2. The number of Topliss-reactive ketones (excluding diaryl/α,β-unsaturated/α-hetero) is 1. The van der Waals surface area contributed by atoms with Crippen LogP contribution in [0.5, 0.6) is 5.75 Å². The highest BCUT2D eigenvalue weighted by atomic mass is 79.9. The molecule has 1 unspecified atom stereocenters. The summed E-state index contributed by atoms with van der Waals surface area (Å²) in [4.78, 5) is 32.5. The average Bonchev–Trinajstić information content (AvgIpc) is 3.18. The number of carbonyl (C=O) groups excluding carboxylic acids is 1. The number of rotatable bonds is 4. The van der Waals surface area contributed by atoms with E-state index in [1.807, 2.05) is 54.6 Å². The molecule has 0 aliphatic heterocycles. The van der Waals surface area contributed by atoms with E-state index in [1.165, 1.54) is 11.3 Å². The maximum absolute atomic E-state index is 13.8. The number of ether oxygens (including phenoxy) is 1. The Labute approximate surface area is 191 Å². The monoisotopic (exact) mass is 494 g/mol. The Morgan fingerprint density at radius 1 is 1.16 bits per heavy atom. The maximum Gasteiger partial charge on any atom is 0.263 e. The number of hydrogen-bond acceptors (Lipinski definition) is 5. The van der Waals surface area contributed by atoms with Crippen LogP contribution in [-0.4, -0.2) is 27.3 Å². The van der Waals surface area contributed by atoms with E-state index in [2.05, 4.69) is 15.9 Å². The zero-order valence-electron chi connectivity index (χ0n) is 16.8. The van der Waals surface area contributed by atoms with Gasteiger partial charge in [-0.3, -0.25) is 14.2 Å². The standard InChI is InChI=1S/C24H19BrN2O3S/c1-30-16-9-5-8-15(12-16)22-26-23-19(17-10-11-18(25)20(28)21(17)31-23)24(29)27(22)13-14-6-3-2-4-7-14/h2-9,12,18H,10-11,13H2,1H3. The molecule has 0 bridgehead atoms. The van der Waals surface area contributed by atoms with Crippen LogP contribution in [0.4, 0.5) is 0 Å². The lowest BCUT2D eigenvalue weighted by Gasteiger charge is -2.16. The van der Waals surface area contributed by atoms with Crippen molar-refractivity contribution in [1.82, 2.24) is 9.55 Å². The molecule has 1 aliphatic rings. The molecule has 0 saturated heterocycles. The minimum Gasteiger partial charge on any atom is -0.497 e. The smallest absolute Gasteiger partial charge is 0.263 e. The molecule has 7 heteroatoms. The van der Waals surface area contributed by atoms with E-state index in [0.29, 0.717) is 46.1 Å². The normalized spacial score (nSPS) is 15.8. The number of ketones is 1. The molecule has 0 radical (unpaired) electrons. The lowest BCUT2D eigenvalue weighted by molar-refractivity contribution is 0.0986. The van der Waals surface area contributed by atoms with Gasteiger partial charge in [-0.25, -0.2) is 4.98 Å². The molecule has 156 valence electrons. The average molecular weight is 495 g/mol. The largest absolute Gasteiger partial charge is 0.497 e. The Morgan fingerprint density at radius 2 is 1.97 bits per heavy atom. The van der Waals surface area contributed by atoms with E-state index in [1.54, 1.807) is 11.7 Å². The van der Waals surface area contributed by atoms with Crippen molar-refractivity contribution >= 4 is 43.3 Å². The number of carbonyl (C=O) groups is 1. The summed E-state index contributed by atoms with van der Waals surface area (Å²) >= 11 is 4.79. The molecule has 1 atom stereocenters. The molecule has 5 nitrogen and oxygen atoms in total. The van der Waals surface area contributed by atoms with Crippen LogP contribution >= 0.6 is 27.3 Å². The molecule has 4 aromatic rings. The minimum atomic E-state index is -0.197. The zero-order chi connectivity index (χ0) is 21.5. The third-order valence-electron chi connectivity index (χ3n) is 5.58. The second kappa shape index (κ2) is 8.05. The van der Waals surface area contributed by atoms with Crippen LogP contribution in [-0.2, 0) is 13.0 Å².